The van der Waals surface area contributed by atoms with Gasteiger partial charge in [-0.25, -0.2) is 0 Å². The van der Waals surface area contributed by atoms with E-state index in [0.29, 0.717) is 24.3 Å². The van der Waals surface area contributed by atoms with Crippen LogP contribution in [0, 0.1) is 11.3 Å². The second-order valence-electron chi connectivity index (χ2n) is 4.56. The Morgan fingerprint density at radius 1 is 1.47 bits per heavy atom. The Morgan fingerprint density at radius 2 is 2.26 bits per heavy atom. The molecule has 4 nitrogen and oxygen atoms in total. The molecule has 0 amide bonds. The number of nitrogens with zero attached hydrogens (tertiary/aromatic N) is 1. The summed E-state index contributed by atoms with van der Waals surface area (Å²) in [7, 11) is 1.54. The van der Waals surface area contributed by atoms with Crippen molar-refractivity contribution in [2.75, 3.05) is 13.7 Å². The maximum absolute atomic E-state index is 12.4. The summed E-state index contributed by atoms with van der Waals surface area (Å²) in [5, 5.41) is 9.32. The highest BCUT2D eigenvalue weighted by atomic mass is 16.5. The summed E-state index contributed by atoms with van der Waals surface area (Å²) in [5.74, 6) is -0.413. The monoisotopic (exact) mass is 259 g/mol. The quantitative estimate of drug-likeness (QED) is 0.833. The van der Waals surface area contributed by atoms with E-state index >= 15 is 0 Å². The molecule has 1 aliphatic heterocycles. The van der Waals surface area contributed by atoms with E-state index in [1.165, 1.54) is 7.11 Å². The lowest BCUT2D eigenvalue weighted by Gasteiger charge is -2.23. The van der Waals surface area contributed by atoms with E-state index in [9.17, 15) is 10.1 Å². The van der Waals surface area contributed by atoms with Gasteiger partial charge in [-0.1, -0.05) is 18.2 Å². The first-order chi connectivity index (χ1) is 9.27. The topological polar surface area (TPSA) is 59.3 Å². The predicted octanol–water partition coefficient (Wildman–Crippen LogP) is 2.44. The van der Waals surface area contributed by atoms with Crippen LogP contribution in [-0.2, 0) is 9.53 Å². The van der Waals surface area contributed by atoms with E-state index in [1.54, 1.807) is 18.2 Å². The van der Waals surface area contributed by atoms with Gasteiger partial charge in [0.15, 0.2) is 5.78 Å². The van der Waals surface area contributed by atoms with Gasteiger partial charge in [-0.15, -0.1) is 0 Å². The Hall–Kier alpha value is -1.86. The fraction of sp³-hybridized carbons (Fsp3) is 0.467. The number of benzene rings is 1. The lowest BCUT2D eigenvalue weighted by atomic mass is 9.90. The first-order valence-corrected chi connectivity index (χ1v) is 6.45. The molecule has 100 valence electrons. The third-order valence-electron chi connectivity index (χ3n) is 3.36. The molecule has 0 radical (unpaired) electrons. The molecule has 1 saturated heterocycles. The van der Waals surface area contributed by atoms with E-state index in [2.05, 4.69) is 6.07 Å². The minimum Gasteiger partial charge on any atom is -0.496 e. The number of carbonyl (C=O) groups excluding carboxylic acids is 1. The Morgan fingerprint density at radius 3 is 2.89 bits per heavy atom. The number of nitriles is 1. The highest BCUT2D eigenvalue weighted by Gasteiger charge is 2.31. The summed E-state index contributed by atoms with van der Waals surface area (Å²) in [6.07, 6.45) is 2.20. The van der Waals surface area contributed by atoms with Crippen LogP contribution in [-0.4, -0.2) is 25.6 Å². The minimum atomic E-state index is -0.820. The van der Waals surface area contributed by atoms with Crippen LogP contribution in [0.3, 0.4) is 0 Å². The van der Waals surface area contributed by atoms with Gasteiger partial charge in [0.05, 0.1) is 13.2 Å². The van der Waals surface area contributed by atoms with Crippen molar-refractivity contribution in [2.45, 2.75) is 31.3 Å². The number of hydrogen-bond acceptors (Lipinski definition) is 4. The zero-order chi connectivity index (χ0) is 13.7. The third-order valence-corrected chi connectivity index (χ3v) is 3.36. The molecule has 0 spiro atoms. The largest absolute Gasteiger partial charge is 0.496 e. The van der Waals surface area contributed by atoms with E-state index in [1.807, 2.05) is 6.07 Å². The average molecular weight is 259 g/mol. The SMILES string of the molecule is COc1ccccc1C(C#N)C(=O)C1CCCCO1. The van der Waals surface area contributed by atoms with Crippen molar-refractivity contribution >= 4 is 5.78 Å². The van der Waals surface area contributed by atoms with Crippen molar-refractivity contribution in [3.05, 3.63) is 29.8 Å². The van der Waals surface area contributed by atoms with Gasteiger partial charge in [0, 0.05) is 12.2 Å². The Bertz CT molecular complexity index is 486. The number of para-hydroxylation sites is 1. The molecular weight excluding hydrogens is 242 g/mol. The van der Waals surface area contributed by atoms with Gasteiger partial charge in [-0.2, -0.15) is 5.26 Å². The molecule has 2 rings (SSSR count). The van der Waals surface area contributed by atoms with E-state index in [-0.39, 0.29) is 5.78 Å². The molecule has 2 atom stereocenters. The van der Waals surface area contributed by atoms with Crippen LogP contribution in [0.15, 0.2) is 24.3 Å². The van der Waals surface area contributed by atoms with Gasteiger partial charge < -0.3 is 9.47 Å². The summed E-state index contributed by atoms with van der Waals surface area (Å²) >= 11 is 0. The summed E-state index contributed by atoms with van der Waals surface area (Å²) < 4.78 is 10.7. The highest BCUT2D eigenvalue weighted by molar-refractivity contribution is 5.92. The lowest BCUT2D eigenvalue weighted by molar-refractivity contribution is -0.133. The van der Waals surface area contributed by atoms with Crippen LogP contribution in [0.2, 0.25) is 0 Å². The molecule has 0 bridgehead atoms. The van der Waals surface area contributed by atoms with Gasteiger partial charge in [0.25, 0.3) is 0 Å². The number of carbonyl (C=O) groups is 1. The molecule has 0 aliphatic carbocycles. The fourth-order valence-electron chi connectivity index (χ4n) is 2.34. The first kappa shape index (κ1) is 13.6. The summed E-state index contributed by atoms with van der Waals surface area (Å²) in [6.45, 7) is 0.598. The zero-order valence-corrected chi connectivity index (χ0v) is 11.0. The molecule has 0 saturated carbocycles. The summed E-state index contributed by atoms with van der Waals surface area (Å²) in [6, 6.07) is 9.22. The number of rotatable bonds is 4. The van der Waals surface area contributed by atoms with Crippen molar-refractivity contribution in [3.63, 3.8) is 0 Å². The molecule has 0 N–H and O–H groups in total. The molecular formula is C15H17NO3. The predicted molar refractivity (Wildman–Crippen MR) is 69.9 cm³/mol. The van der Waals surface area contributed by atoms with E-state index < -0.39 is 12.0 Å². The number of ether oxygens (including phenoxy) is 2. The Labute approximate surface area is 112 Å². The maximum Gasteiger partial charge on any atom is 0.183 e. The molecule has 4 heteroatoms. The van der Waals surface area contributed by atoms with Crippen LogP contribution in [0.1, 0.15) is 30.7 Å². The van der Waals surface area contributed by atoms with Crippen molar-refractivity contribution in [2.24, 2.45) is 0 Å². The first-order valence-electron chi connectivity index (χ1n) is 6.45. The van der Waals surface area contributed by atoms with Gasteiger partial charge >= 0.3 is 0 Å². The Kier molecular flexibility index (Phi) is 4.53. The highest BCUT2D eigenvalue weighted by Crippen LogP contribution is 2.29. The normalized spacial score (nSPS) is 20.3. The average Bonchev–Trinajstić information content (AvgIpc) is 2.49. The van der Waals surface area contributed by atoms with Crippen molar-refractivity contribution in [3.8, 4) is 11.8 Å². The molecule has 1 aromatic rings. The van der Waals surface area contributed by atoms with Crippen molar-refractivity contribution in [1.29, 1.82) is 5.26 Å². The molecule has 1 fully saturated rings. The number of ketones is 1. The number of hydrogen-bond donors (Lipinski definition) is 0. The van der Waals surface area contributed by atoms with E-state index in [0.717, 1.165) is 12.8 Å². The van der Waals surface area contributed by atoms with Crippen LogP contribution in [0.25, 0.3) is 0 Å². The summed E-state index contributed by atoms with van der Waals surface area (Å²) in [4.78, 5) is 12.4. The summed E-state index contributed by atoms with van der Waals surface area (Å²) in [5.41, 5.74) is 0.617. The molecule has 19 heavy (non-hydrogen) atoms. The standard InChI is InChI=1S/C15H17NO3/c1-18-13-7-3-2-6-11(13)12(10-16)15(17)14-8-4-5-9-19-14/h2-3,6-7,12,14H,4-5,8-9H2,1H3. The second-order valence-corrected chi connectivity index (χ2v) is 4.56. The van der Waals surface area contributed by atoms with Gasteiger partial charge in [-0.3, -0.25) is 4.79 Å². The Balaban J connectivity index is 2.24. The molecule has 2 unspecified atom stereocenters. The van der Waals surface area contributed by atoms with Crippen molar-refractivity contribution in [1.82, 2.24) is 0 Å². The molecule has 1 aromatic carbocycles. The molecule has 1 aliphatic rings. The van der Waals surface area contributed by atoms with Crippen LogP contribution in [0.5, 0.6) is 5.75 Å². The van der Waals surface area contributed by atoms with Gasteiger partial charge in [0.1, 0.15) is 17.8 Å². The van der Waals surface area contributed by atoms with E-state index in [4.69, 9.17) is 9.47 Å². The minimum absolute atomic E-state index is 0.160. The zero-order valence-electron chi connectivity index (χ0n) is 11.0. The van der Waals surface area contributed by atoms with Crippen LogP contribution in [0.4, 0.5) is 0 Å². The van der Waals surface area contributed by atoms with Crippen LogP contribution < -0.4 is 4.74 Å². The maximum atomic E-state index is 12.4. The van der Waals surface area contributed by atoms with Crippen molar-refractivity contribution < 1.29 is 14.3 Å². The smallest absolute Gasteiger partial charge is 0.183 e. The van der Waals surface area contributed by atoms with Gasteiger partial charge in [-0.05, 0) is 25.3 Å². The third kappa shape index (κ3) is 2.94. The molecule has 0 aromatic heterocycles. The lowest BCUT2D eigenvalue weighted by Crippen LogP contribution is -2.32. The molecule has 1 heterocycles. The second kappa shape index (κ2) is 6.35. The number of methoxy groups -OCH3 is 1. The fourth-order valence-corrected chi connectivity index (χ4v) is 2.34. The van der Waals surface area contributed by atoms with Crippen LogP contribution >= 0.6 is 0 Å². The number of Topliss-reactive ketones (excluding diaryl/α,β-unsaturated/α-hetero) is 1. The van der Waals surface area contributed by atoms with Gasteiger partial charge in [0.2, 0.25) is 0 Å².